The molecule has 0 aliphatic heterocycles. The molecule has 19 heavy (non-hydrogen) atoms. The van der Waals surface area contributed by atoms with Crippen molar-refractivity contribution >= 4 is 11.6 Å². The van der Waals surface area contributed by atoms with Crippen molar-refractivity contribution in [2.45, 2.75) is 71.9 Å². The number of aryl methyl sites for hydroxylation is 2. The van der Waals surface area contributed by atoms with Gasteiger partial charge < -0.3 is 5.32 Å². The van der Waals surface area contributed by atoms with Crippen LogP contribution in [0.15, 0.2) is 0 Å². The third kappa shape index (κ3) is 4.50. The number of nitrogens with one attached hydrogen (secondary N) is 1. The summed E-state index contributed by atoms with van der Waals surface area (Å²) >= 11 is 6.46. The Morgan fingerprint density at radius 3 is 2.53 bits per heavy atom. The lowest BCUT2D eigenvalue weighted by Gasteiger charge is -2.17. The zero-order valence-electron chi connectivity index (χ0n) is 12.8. The smallest absolute Gasteiger partial charge is 0.0850 e. The van der Waals surface area contributed by atoms with Crippen molar-refractivity contribution in [3.63, 3.8) is 0 Å². The predicted molar refractivity (Wildman–Crippen MR) is 83.0 cm³/mol. The highest BCUT2D eigenvalue weighted by atomic mass is 35.5. The van der Waals surface area contributed by atoms with E-state index in [4.69, 9.17) is 11.6 Å². The van der Waals surface area contributed by atoms with Gasteiger partial charge in [-0.05, 0) is 26.8 Å². The number of rotatable bonds is 9. The van der Waals surface area contributed by atoms with Crippen LogP contribution in [0.3, 0.4) is 0 Å². The van der Waals surface area contributed by atoms with Gasteiger partial charge in [0.25, 0.3) is 0 Å². The Morgan fingerprint density at radius 2 is 2.00 bits per heavy atom. The highest BCUT2D eigenvalue weighted by molar-refractivity contribution is 6.31. The van der Waals surface area contributed by atoms with E-state index in [1.165, 1.54) is 31.4 Å². The second-order valence-electron chi connectivity index (χ2n) is 5.06. The molecule has 1 atom stereocenters. The zero-order valence-corrected chi connectivity index (χ0v) is 13.6. The number of nitrogens with zero attached hydrogens (tertiary/aromatic N) is 2. The van der Waals surface area contributed by atoms with Gasteiger partial charge in [-0.3, -0.25) is 4.68 Å². The molecule has 0 aliphatic carbocycles. The summed E-state index contributed by atoms with van der Waals surface area (Å²) in [7, 11) is 2.04. The van der Waals surface area contributed by atoms with Crippen LogP contribution in [0.5, 0.6) is 0 Å². The minimum Gasteiger partial charge on any atom is -0.317 e. The molecule has 110 valence electrons. The second-order valence-corrected chi connectivity index (χ2v) is 5.44. The van der Waals surface area contributed by atoms with Gasteiger partial charge in [-0.15, -0.1) is 0 Å². The van der Waals surface area contributed by atoms with Crippen molar-refractivity contribution in [2.24, 2.45) is 0 Å². The molecule has 0 fully saturated rings. The number of likely N-dealkylation sites (N-methyl/N-ethyl adjacent to an activating group) is 1. The fraction of sp³-hybridized carbons (Fsp3) is 0.800. The van der Waals surface area contributed by atoms with E-state index in [2.05, 4.69) is 35.9 Å². The molecule has 0 spiro atoms. The maximum absolute atomic E-state index is 6.46. The van der Waals surface area contributed by atoms with Gasteiger partial charge in [-0.25, -0.2) is 0 Å². The van der Waals surface area contributed by atoms with Gasteiger partial charge >= 0.3 is 0 Å². The van der Waals surface area contributed by atoms with E-state index in [1.807, 2.05) is 7.05 Å². The van der Waals surface area contributed by atoms with Gasteiger partial charge in [-0.1, -0.05) is 44.7 Å². The molecule has 0 radical (unpaired) electrons. The lowest BCUT2D eigenvalue weighted by atomic mass is 10.0. The molecule has 0 saturated heterocycles. The van der Waals surface area contributed by atoms with Crippen molar-refractivity contribution in [3.05, 3.63) is 16.4 Å². The van der Waals surface area contributed by atoms with Crippen LogP contribution in [0.25, 0.3) is 0 Å². The average molecular weight is 286 g/mol. The highest BCUT2D eigenvalue weighted by Crippen LogP contribution is 2.23. The molecule has 1 aromatic rings. The van der Waals surface area contributed by atoms with E-state index in [0.717, 1.165) is 30.1 Å². The normalized spacial score (nSPS) is 12.9. The van der Waals surface area contributed by atoms with Gasteiger partial charge in [0.05, 0.1) is 16.4 Å². The standard InChI is InChI=1S/C15H28ClN3/c1-5-8-9-10-12(17-4)11-14-15(16)13(6-2)18-19(14)7-3/h12,17H,5-11H2,1-4H3. The van der Waals surface area contributed by atoms with Crippen LogP contribution in [0, 0.1) is 0 Å². The Bertz CT molecular complexity index is 374. The van der Waals surface area contributed by atoms with Gasteiger partial charge in [0, 0.05) is 19.0 Å². The fourth-order valence-corrected chi connectivity index (χ4v) is 2.78. The topological polar surface area (TPSA) is 29.9 Å². The first kappa shape index (κ1) is 16.5. The maximum atomic E-state index is 6.46. The molecule has 1 rings (SSSR count). The monoisotopic (exact) mass is 285 g/mol. The van der Waals surface area contributed by atoms with Gasteiger partial charge in [0.1, 0.15) is 0 Å². The molecule has 0 aromatic carbocycles. The van der Waals surface area contributed by atoms with Crippen LogP contribution in [0.4, 0.5) is 0 Å². The summed E-state index contributed by atoms with van der Waals surface area (Å²) < 4.78 is 2.06. The molecular formula is C15H28ClN3. The molecule has 3 nitrogen and oxygen atoms in total. The molecule has 0 saturated carbocycles. The Kier molecular flexibility index (Phi) is 7.47. The van der Waals surface area contributed by atoms with E-state index < -0.39 is 0 Å². The molecule has 1 unspecified atom stereocenters. The van der Waals surface area contributed by atoms with Crippen molar-refractivity contribution in [1.29, 1.82) is 0 Å². The summed E-state index contributed by atoms with van der Waals surface area (Å²) in [6.45, 7) is 7.36. The minimum atomic E-state index is 0.496. The summed E-state index contributed by atoms with van der Waals surface area (Å²) in [6, 6.07) is 0.496. The third-order valence-electron chi connectivity index (χ3n) is 3.70. The SMILES string of the molecule is CCCCCC(Cc1c(Cl)c(CC)nn1CC)NC. The summed E-state index contributed by atoms with van der Waals surface area (Å²) in [5, 5.41) is 8.88. The summed E-state index contributed by atoms with van der Waals surface area (Å²) in [5.41, 5.74) is 2.22. The highest BCUT2D eigenvalue weighted by Gasteiger charge is 2.17. The van der Waals surface area contributed by atoms with Crippen LogP contribution in [0.2, 0.25) is 5.02 Å². The summed E-state index contributed by atoms with van der Waals surface area (Å²) in [6.07, 6.45) is 6.93. The lowest BCUT2D eigenvalue weighted by molar-refractivity contribution is 0.471. The Labute approximate surface area is 122 Å². The lowest BCUT2D eigenvalue weighted by Crippen LogP contribution is -2.28. The number of hydrogen-bond acceptors (Lipinski definition) is 2. The van der Waals surface area contributed by atoms with E-state index in [1.54, 1.807) is 0 Å². The predicted octanol–water partition coefficient (Wildman–Crippen LogP) is 3.83. The van der Waals surface area contributed by atoms with Crippen LogP contribution in [0.1, 0.15) is 57.8 Å². The second kappa shape index (κ2) is 8.60. The average Bonchev–Trinajstić information content (AvgIpc) is 2.74. The molecular weight excluding hydrogens is 258 g/mol. The zero-order chi connectivity index (χ0) is 14.3. The van der Waals surface area contributed by atoms with Crippen molar-refractivity contribution < 1.29 is 0 Å². The van der Waals surface area contributed by atoms with Gasteiger partial charge in [0.2, 0.25) is 0 Å². The van der Waals surface area contributed by atoms with E-state index in [-0.39, 0.29) is 0 Å². The van der Waals surface area contributed by atoms with E-state index in [9.17, 15) is 0 Å². The van der Waals surface area contributed by atoms with E-state index >= 15 is 0 Å². The Morgan fingerprint density at radius 1 is 1.26 bits per heavy atom. The van der Waals surface area contributed by atoms with Gasteiger partial charge in [-0.2, -0.15) is 5.10 Å². The van der Waals surface area contributed by atoms with Crippen molar-refractivity contribution in [3.8, 4) is 0 Å². The van der Waals surface area contributed by atoms with Gasteiger partial charge in [0.15, 0.2) is 0 Å². The number of hydrogen-bond donors (Lipinski definition) is 1. The molecule has 0 bridgehead atoms. The van der Waals surface area contributed by atoms with Crippen molar-refractivity contribution in [2.75, 3.05) is 7.05 Å². The molecule has 4 heteroatoms. The number of halogens is 1. The first-order valence-corrected chi connectivity index (χ1v) is 7.96. The Balaban J connectivity index is 2.75. The van der Waals surface area contributed by atoms with Crippen LogP contribution < -0.4 is 5.32 Å². The summed E-state index contributed by atoms with van der Waals surface area (Å²) in [5.74, 6) is 0. The quantitative estimate of drug-likeness (QED) is 0.699. The third-order valence-corrected chi connectivity index (χ3v) is 4.13. The largest absolute Gasteiger partial charge is 0.317 e. The number of unbranched alkanes of at least 4 members (excludes halogenated alkanes) is 2. The van der Waals surface area contributed by atoms with E-state index in [0.29, 0.717) is 6.04 Å². The molecule has 1 heterocycles. The van der Waals surface area contributed by atoms with Crippen LogP contribution in [-0.2, 0) is 19.4 Å². The molecule has 0 amide bonds. The molecule has 0 aliphatic rings. The minimum absolute atomic E-state index is 0.496. The molecule has 1 aromatic heterocycles. The fourth-order valence-electron chi connectivity index (χ4n) is 2.43. The maximum Gasteiger partial charge on any atom is 0.0850 e. The van der Waals surface area contributed by atoms with Crippen LogP contribution >= 0.6 is 11.6 Å². The molecule has 1 N–H and O–H groups in total. The first-order chi connectivity index (χ1) is 9.17. The van der Waals surface area contributed by atoms with Crippen molar-refractivity contribution in [1.82, 2.24) is 15.1 Å². The van der Waals surface area contributed by atoms with Crippen LogP contribution in [-0.4, -0.2) is 22.9 Å². The summed E-state index contributed by atoms with van der Waals surface area (Å²) in [4.78, 5) is 0. The number of aromatic nitrogens is 2. The first-order valence-electron chi connectivity index (χ1n) is 7.59. The Hall–Kier alpha value is -0.540.